The number of hydrogen-bond acceptors (Lipinski definition) is 1. The van der Waals surface area contributed by atoms with E-state index in [1.165, 1.54) is 106 Å². The summed E-state index contributed by atoms with van der Waals surface area (Å²) in [5, 5.41) is 0. The van der Waals surface area contributed by atoms with Gasteiger partial charge in [-0.2, -0.15) is 0 Å². The monoisotopic (exact) mass is 855 g/mol. The first kappa shape index (κ1) is 38.5. The summed E-state index contributed by atoms with van der Waals surface area (Å²) in [6.07, 6.45) is 6.92. The summed E-state index contributed by atoms with van der Waals surface area (Å²) in [7, 11) is 0. The molecule has 318 valence electrons. The molecule has 0 N–H and O–H groups in total. The number of benzene rings is 9. The largest absolute Gasteiger partial charge is 0.310 e. The molecule has 9 aromatic carbocycles. The van der Waals surface area contributed by atoms with Crippen LogP contribution >= 0.6 is 0 Å². The summed E-state index contributed by atoms with van der Waals surface area (Å²) in [5.74, 6) is 0. The van der Waals surface area contributed by atoms with Gasteiger partial charge in [0.05, 0.1) is 11.1 Å². The van der Waals surface area contributed by atoms with Crippen LogP contribution in [0.2, 0.25) is 0 Å². The van der Waals surface area contributed by atoms with Gasteiger partial charge in [-0.3, -0.25) is 0 Å². The van der Waals surface area contributed by atoms with Gasteiger partial charge in [-0.25, -0.2) is 0 Å². The Morgan fingerprint density at radius 3 is 1.61 bits per heavy atom. The zero-order valence-electron chi connectivity index (χ0n) is 38.1. The lowest BCUT2D eigenvalue weighted by atomic mass is 9.69. The highest BCUT2D eigenvalue weighted by atomic mass is 15.1. The van der Waals surface area contributed by atoms with Gasteiger partial charge in [-0.1, -0.05) is 202 Å². The van der Waals surface area contributed by atoms with E-state index < -0.39 is 0 Å². The van der Waals surface area contributed by atoms with Gasteiger partial charge in [0.25, 0.3) is 0 Å². The normalized spacial score (nSPS) is 17.8. The van der Waals surface area contributed by atoms with Crippen LogP contribution in [0.5, 0.6) is 0 Å². The van der Waals surface area contributed by atoms with Crippen molar-refractivity contribution in [1.82, 2.24) is 0 Å². The highest BCUT2D eigenvalue weighted by Gasteiger charge is 2.52. The van der Waals surface area contributed by atoms with Crippen LogP contribution in [-0.2, 0) is 16.2 Å². The van der Waals surface area contributed by atoms with Crippen molar-refractivity contribution in [3.63, 3.8) is 0 Å². The SMILES string of the molecule is CC1(C)c2ccccc2-c2c(-c3ccccc3N(c3ccc4c(c3)C3=C(C=CCC3)C43c4ccccc4-c4ccccc43)c3ccc4c(c3)-c3ccccc3C4(C)c3ccccc3)cccc21. The van der Waals surface area contributed by atoms with Crippen molar-refractivity contribution in [2.24, 2.45) is 0 Å². The molecule has 1 spiro atoms. The molecule has 0 saturated carbocycles. The van der Waals surface area contributed by atoms with E-state index in [0.29, 0.717) is 0 Å². The molecule has 1 nitrogen and oxygen atoms in total. The first-order chi connectivity index (χ1) is 32.9. The third-order valence-electron chi connectivity index (χ3n) is 16.5. The van der Waals surface area contributed by atoms with Crippen LogP contribution in [0.4, 0.5) is 17.1 Å². The molecule has 0 bridgehead atoms. The van der Waals surface area contributed by atoms with Crippen molar-refractivity contribution in [2.45, 2.75) is 49.9 Å². The van der Waals surface area contributed by atoms with E-state index in [9.17, 15) is 0 Å². The van der Waals surface area contributed by atoms with Crippen molar-refractivity contribution >= 4 is 22.6 Å². The Bertz CT molecular complexity index is 3590. The lowest BCUT2D eigenvalue weighted by Crippen LogP contribution is -2.27. The second-order valence-electron chi connectivity index (χ2n) is 19.9. The summed E-state index contributed by atoms with van der Waals surface area (Å²) in [5.41, 5.74) is 28.4. The minimum Gasteiger partial charge on any atom is -0.310 e. The Balaban J connectivity index is 1.03. The maximum absolute atomic E-state index is 2.57. The molecular formula is C66H49N. The Labute approximate surface area is 394 Å². The van der Waals surface area contributed by atoms with Gasteiger partial charge >= 0.3 is 0 Å². The Kier molecular flexibility index (Phi) is 7.99. The summed E-state index contributed by atoms with van der Waals surface area (Å²) >= 11 is 0. The third kappa shape index (κ3) is 4.99. The topological polar surface area (TPSA) is 3.24 Å². The molecule has 0 heterocycles. The van der Waals surface area contributed by atoms with E-state index in [4.69, 9.17) is 0 Å². The molecule has 1 heteroatoms. The van der Waals surface area contributed by atoms with Crippen LogP contribution in [0.25, 0.3) is 50.1 Å². The van der Waals surface area contributed by atoms with E-state index in [2.05, 4.69) is 244 Å². The van der Waals surface area contributed by atoms with Gasteiger partial charge in [0, 0.05) is 27.8 Å². The molecule has 0 aromatic heterocycles. The zero-order valence-corrected chi connectivity index (χ0v) is 38.1. The van der Waals surface area contributed by atoms with Gasteiger partial charge in [0.15, 0.2) is 0 Å². The lowest BCUT2D eigenvalue weighted by Gasteiger charge is -2.33. The molecule has 1 atom stereocenters. The second kappa shape index (κ2) is 13.9. The summed E-state index contributed by atoms with van der Waals surface area (Å²) < 4.78 is 0. The molecule has 14 rings (SSSR count). The van der Waals surface area contributed by atoms with Gasteiger partial charge in [0.2, 0.25) is 0 Å². The lowest BCUT2D eigenvalue weighted by molar-refractivity contribution is 0.660. The van der Waals surface area contributed by atoms with Gasteiger partial charge in [-0.15, -0.1) is 0 Å². The van der Waals surface area contributed by atoms with E-state index in [1.807, 2.05) is 0 Å². The van der Waals surface area contributed by atoms with Crippen LogP contribution in [0, 0.1) is 0 Å². The van der Waals surface area contributed by atoms with Crippen molar-refractivity contribution in [3.8, 4) is 44.5 Å². The molecule has 67 heavy (non-hydrogen) atoms. The summed E-state index contributed by atoms with van der Waals surface area (Å²) in [6, 6.07) is 78.4. The van der Waals surface area contributed by atoms with Crippen molar-refractivity contribution in [3.05, 3.63) is 274 Å². The minimum atomic E-state index is -0.361. The van der Waals surface area contributed by atoms with Crippen molar-refractivity contribution < 1.29 is 0 Å². The average Bonchev–Trinajstić information content (AvgIpc) is 4.03. The van der Waals surface area contributed by atoms with Crippen molar-refractivity contribution in [1.29, 1.82) is 0 Å². The molecule has 0 saturated heterocycles. The quantitative estimate of drug-likeness (QED) is 0.167. The summed E-state index contributed by atoms with van der Waals surface area (Å²) in [6.45, 7) is 7.18. The molecule has 1 unspecified atom stereocenters. The van der Waals surface area contributed by atoms with Gasteiger partial charge in [-0.05, 0) is 150 Å². The Morgan fingerprint density at radius 1 is 0.388 bits per heavy atom. The van der Waals surface area contributed by atoms with Crippen LogP contribution in [0.3, 0.4) is 0 Å². The van der Waals surface area contributed by atoms with E-state index in [0.717, 1.165) is 29.9 Å². The Morgan fingerprint density at radius 2 is 0.896 bits per heavy atom. The number of anilines is 3. The standard InChI is InChI=1S/C66H49N/c1-64(2)54-29-13-11-27-51(54)63-50(28-19-34-61(63)64)49-26-12-18-35-62(49)67(43-36-38-56-52(40-43)47-24-7-14-30-55(47)65(56,3)42-20-5-4-6-21-42)44-37-39-60-53(41-44)48-25-10-17-33-59(48)66(60)57-31-15-8-22-45(57)46-23-9-16-32-58(46)66/h4-9,11-24,26-41H,10,25H2,1-3H3. The number of fused-ring (bicyclic) bond motifs is 15. The maximum atomic E-state index is 2.57. The molecule has 0 fully saturated rings. The summed E-state index contributed by atoms with van der Waals surface area (Å²) in [4.78, 5) is 2.57. The third-order valence-corrected chi connectivity index (χ3v) is 16.5. The smallest absolute Gasteiger partial charge is 0.0722 e. The number of nitrogens with zero attached hydrogens (tertiary/aromatic N) is 1. The predicted molar refractivity (Wildman–Crippen MR) is 279 cm³/mol. The maximum Gasteiger partial charge on any atom is 0.0722 e. The van der Waals surface area contributed by atoms with Crippen LogP contribution in [0.15, 0.2) is 224 Å². The first-order valence-corrected chi connectivity index (χ1v) is 24.1. The number of hydrogen-bond donors (Lipinski definition) is 0. The minimum absolute atomic E-state index is 0.108. The Hall–Kier alpha value is -7.74. The average molecular weight is 856 g/mol. The number of allylic oxidation sites excluding steroid dienone is 4. The molecule has 0 aliphatic heterocycles. The zero-order chi connectivity index (χ0) is 44.6. The van der Waals surface area contributed by atoms with Crippen LogP contribution < -0.4 is 4.90 Å². The molecule has 0 radical (unpaired) electrons. The molecule has 5 aliphatic carbocycles. The van der Waals surface area contributed by atoms with Gasteiger partial charge in [0.1, 0.15) is 0 Å². The predicted octanol–water partition coefficient (Wildman–Crippen LogP) is 16.9. The van der Waals surface area contributed by atoms with E-state index >= 15 is 0 Å². The highest BCUT2D eigenvalue weighted by molar-refractivity contribution is 6.01. The number of para-hydroxylation sites is 1. The molecule has 5 aliphatic rings. The highest BCUT2D eigenvalue weighted by Crippen LogP contribution is 2.64. The first-order valence-electron chi connectivity index (χ1n) is 24.1. The molecule has 9 aromatic rings. The van der Waals surface area contributed by atoms with Crippen LogP contribution in [0.1, 0.15) is 83.7 Å². The fourth-order valence-corrected chi connectivity index (χ4v) is 13.5. The van der Waals surface area contributed by atoms with Crippen molar-refractivity contribution in [2.75, 3.05) is 4.90 Å². The van der Waals surface area contributed by atoms with Gasteiger partial charge < -0.3 is 4.90 Å². The number of rotatable bonds is 5. The fourth-order valence-electron chi connectivity index (χ4n) is 13.5. The molecular weight excluding hydrogens is 807 g/mol. The van der Waals surface area contributed by atoms with E-state index in [-0.39, 0.29) is 16.2 Å². The second-order valence-corrected chi connectivity index (χ2v) is 19.9. The fraction of sp³-hybridized carbons (Fsp3) is 0.121. The molecule has 0 amide bonds. The van der Waals surface area contributed by atoms with E-state index in [1.54, 1.807) is 0 Å². The van der Waals surface area contributed by atoms with Crippen LogP contribution in [-0.4, -0.2) is 0 Å².